The average molecular weight is 300 g/mol. The van der Waals surface area contributed by atoms with E-state index in [0.29, 0.717) is 10.7 Å². The fourth-order valence-electron chi connectivity index (χ4n) is 1.44. The summed E-state index contributed by atoms with van der Waals surface area (Å²) in [5.41, 5.74) is 0.429. The summed E-state index contributed by atoms with van der Waals surface area (Å²) in [6, 6.07) is 0. The monoisotopic (exact) mass is 300 g/mol. The number of carboxylic acids is 1. The van der Waals surface area contributed by atoms with Crippen LogP contribution in [0.1, 0.15) is 40.1 Å². The molecule has 2 N–H and O–H groups in total. The van der Waals surface area contributed by atoms with Crippen molar-refractivity contribution < 1.29 is 24.2 Å². The smallest absolute Gasteiger partial charge is 0.347 e. The molecule has 0 saturated carbocycles. The summed E-state index contributed by atoms with van der Waals surface area (Å²) >= 11 is 1.03. The zero-order valence-corrected chi connectivity index (χ0v) is 12.1. The Balaban J connectivity index is 2.39. The maximum atomic E-state index is 11.5. The van der Waals surface area contributed by atoms with E-state index in [1.807, 2.05) is 0 Å². The summed E-state index contributed by atoms with van der Waals surface area (Å²) in [4.78, 5) is 37.6. The lowest BCUT2D eigenvalue weighted by Gasteiger charge is -2.03. The van der Waals surface area contributed by atoms with Crippen molar-refractivity contribution in [2.45, 2.75) is 33.2 Å². The molecule has 0 aliphatic rings. The van der Waals surface area contributed by atoms with Crippen LogP contribution in [0.5, 0.6) is 0 Å². The van der Waals surface area contributed by atoms with Crippen molar-refractivity contribution in [1.82, 2.24) is 10.3 Å². The zero-order valence-electron chi connectivity index (χ0n) is 11.3. The Morgan fingerprint density at radius 3 is 2.60 bits per heavy atom. The molecule has 8 heteroatoms. The van der Waals surface area contributed by atoms with Crippen LogP contribution in [-0.4, -0.2) is 34.5 Å². The number of aromatic nitrogens is 1. The van der Waals surface area contributed by atoms with Gasteiger partial charge in [0.05, 0.1) is 25.3 Å². The number of hydrogen-bond donors (Lipinski definition) is 2. The van der Waals surface area contributed by atoms with E-state index >= 15 is 0 Å². The highest BCUT2D eigenvalue weighted by Crippen LogP contribution is 2.17. The van der Waals surface area contributed by atoms with Crippen LogP contribution >= 0.6 is 11.3 Å². The Hall–Kier alpha value is -1.96. The molecule has 0 unspecified atom stereocenters. The minimum absolute atomic E-state index is 0.0247. The number of rotatable bonds is 7. The molecule has 20 heavy (non-hydrogen) atoms. The summed E-state index contributed by atoms with van der Waals surface area (Å²) in [6.45, 7) is 3.74. The number of thiazole rings is 1. The SMILES string of the molecule is CCOC(=O)CCC(=O)NCc1nc(C)c(C(=O)O)s1. The van der Waals surface area contributed by atoms with Crippen LogP contribution in [0.3, 0.4) is 0 Å². The molecular formula is C12H16N2O5S. The molecule has 0 aromatic carbocycles. The van der Waals surface area contributed by atoms with Gasteiger partial charge in [-0.25, -0.2) is 9.78 Å². The Kier molecular flexibility index (Phi) is 6.10. The van der Waals surface area contributed by atoms with Crippen LogP contribution in [0, 0.1) is 6.92 Å². The van der Waals surface area contributed by atoms with Crippen LogP contribution < -0.4 is 5.32 Å². The Morgan fingerprint density at radius 2 is 2.05 bits per heavy atom. The molecule has 1 heterocycles. The lowest BCUT2D eigenvalue weighted by molar-refractivity contribution is -0.144. The van der Waals surface area contributed by atoms with E-state index in [2.05, 4.69) is 10.3 Å². The maximum absolute atomic E-state index is 11.5. The first kappa shape index (κ1) is 16.1. The van der Waals surface area contributed by atoms with E-state index in [4.69, 9.17) is 9.84 Å². The molecule has 0 spiro atoms. The Morgan fingerprint density at radius 1 is 1.35 bits per heavy atom. The third-order valence-electron chi connectivity index (χ3n) is 2.33. The van der Waals surface area contributed by atoms with Crippen LogP contribution in [0.2, 0.25) is 0 Å². The number of carboxylic acid groups (broad SMARTS) is 1. The first-order valence-electron chi connectivity index (χ1n) is 6.06. The lowest BCUT2D eigenvalue weighted by atomic mass is 10.3. The van der Waals surface area contributed by atoms with Crippen molar-refractivity contribution in [3.63, 3.8) is 0 Å². The minimum atomic E-state index is -1.03. The van der Waals surface area contributed by atoms with Gasteiger partial charge in [0.15, 0.2) is 0 Å². The van der Waals surface area contributed by atoms with Crippen molar-refractivity contribution in [3.05, 3.63) is 15.6 Å². The van der Waals surface area contributed by atoms with Gasteiger partial charge in [0.25, 0.3) is 0 Å². The number of aromatic carboxylic acids is 1. The molecular weight excluding hydrogens is 284 g/mol. The number of esters is 1. The minimum Gasteiger partial charge on any atom is -0.477 e. The predicted octanol–water partition coefficient (Wildman–Crippen LogP) is 1.11. The second-order valence-electron chi connectivity index (χ2n) is 3.91. The molecule has 0 saturated heterocycles. The van der Waals surface area contributed by atoms with E-state index in [1.54, 1.807) is 13.8 Å². The number of ether oxygens (including phenoxy) is 1. The number of aryl methyl sites for hydroxylation is 1. The van der Waals surface area contributed by atoms with Crippen LogP contribution in [-0.2, 0) is 20.9 Å². The third-order valence-corrected chi connectivity index (χ3v) is 3.48. The average Bonchev–Trinajstić information content (AvgIpc) is 2.76. The zero-order chi connectivity index (χ0) is 15.1. The van der Waals surface area contributed by atoms with Gasteiger partial charge in [-0.05, 0) is 13.8 Å². The highest BCUT2D eigenvalue weighted by atomic mass is 32.1. The van der Waals surface area contributed by atoms with Gasteiger partial charge in [-0.3, -0.25) is 9.59 Å². The first-order chi connectivity index (χ1) is 9.43. The maximum Gasteiger partial charge on any atom is 0.347 e. The summed E-state index contributed by atoms with van der Waals surface area (Å²) in [5, 5.41) is 12.0. The third kappa shape index (κ3) is 4.96. The molecule has 0 aliphatic carbocycles. The molecule has 0 aliphatic heterocycles. The van der Waals surface area contributed by atoms with E-state index in [-0.39, 0.29) is 36.8 Å². The number of nitrogens with one attached hydrogen (secondary N) is 1. The molecule has 1 rings (SSSR count). The molecule has 0 atom stereocenters. The fourth-order valence-corrected chi connectivity index (χ4v) is 2.28. The number of carbonyl (C=O) groups excluding carboxylic acids is 2. The quantitative estimate of drug-likeness (QED) is 0.731. The van der Waals surface area contributed by atoms with Crippen molar-refractivity contribution in [2.75, 3.05) is 6.61 Å². The standard InChI is InChI=1S/C12H16N2O5S/c1-3-19-10(16)5-4-8(15)13-6-9-14-7(2)11(20-9)12(17)18/h3-6H2,1-2H3,(H,13,15)(H,17,18). The molecule has 7 nitrogen and oxygen atoms in total. The molecule has 0 fully saturated rings. The number of nitrogens with zero attached hydrogens (tertiary/aromatic N) is 1. The first-order valence-corrected chi connectivity index (χ1v) is 6.87. The van der Waals surface area contributed by atoms with E-state index < -0.39 is 11.9 Å². The van der Waals surface area contributed by atoms with Crippen molar-refractivity contribution in [2.24, 2.45) is 0 Å². The van der Waals surface area contributed by atoms with Gasteiger partial charge in [0.1, 0.15) is 9.88 Å². The van der Waals surface area contributed by atoms with Crippen molar-refractivity contribution in [1.29, 1.82) is 0 Å². The second kappa shape index (κ2) is 7.59. The van der Waals surface area contributed by atoms with E-state index in [1.165, 1.54) is 0 Å². The second-order valence-corrected chi connectivity index (χ2v) is 4.99. The van der Waals surface area contributed by atoms with E-state index in [0.717, 1.165) is 11.3 Å². The molecule has 0 radical (unpaired) electrons. The molecule has 1 aromatic heterocycles. The normalized spacial score (nSPS) is 10.1. The van der Waals surface area contributed by atoms with Gasteiger partial charge in [-0.1, -0.05) is 0 Å². The summed E-state index contributed by atoms with van der Waals surface area (Å²) in [6.07, 6.45) is 0.0614. The van der Waals surface area contributed by atoms with Crippen LogP contribution in [0.15, 0.2) is 0 Å². The van der Waals surface area contributed by atoms with E-state index in [9.17, 15) is 14.4 Å². The van der Waals surface area contributed by atoms with Crippen LogP contribution in [0.25, 0.3) is 0 Å². The number of amides is 1. The van der Waals surface area contributed by atoms with Gasteiger partial charge >= 0.3 is 11.9 Å². The predicted molar refractivity (Wildman–Crippen MR) is 71.5 cm³/mol. The van der Waals surface area contributed by atoms with Gasteiger partial charge in [-0.15, -0.1) is 11.3 Å². The summed E-state index contributed by atoms with van der Waals surface area (Å²) in [5.74, 6) is -1.75. The number of carbonyl (C=O) groups is 3. The van der Waals surface area contributed by atoms with Gasteiger partial charge in [-0.2, -0.15) is 0 Å². The van der Waals surface area contributed by atoms with Gasteiger partial charge in [0.2, 0.25) is 5.91 Å². The molecule has 110 valence electrons. The van der Waals surface area contributed by atoms with Crippen molar-refractivity contribution >= 4 is 29.2 Å². The highest BCUT2D eigenvalue weighted by Gasteiger charge is 2.14. The van der Waals surface area contributed by atoms with Crippen LogP contribution in [0.4, 0.5) is 0 Å². The Labute approximate surface area is 120 Å². The molecule has 1 amide bonds. The summed E-state index contributed by atoms with van der Waals surface area (Å²) in [7, 11) is 0. The molecule has 1 aromatic rings. The largest absolute Gasteiger partial charge is 0.477 e. The topological polar surface area (TPSA) is 106 Å². The molecule has 0 bridgehead atoms. The Bertz CT molecular complexity index is 512. The lowest BCUT2D eigenvalue weighted by Crippen LogP contribution is -2.23. The number of hydrogen-bond acceptors (Lipinski definition) is 6. The van der Waals surface area contributed by atoms with Gasteiger partial charge in [0, 0.05) is 6.42 Å². The highest BCUT2D eigenvalue weighted by molar-refractivity contribution is 7.13. The summed E-state index contributed by atoms with van der Waals surface area (Å²) < 4.78 is 4.71. The fraction of sp³-hybridized carbons (Fsp3) is 0.500. The van der Waals surface area contributed by atoms with Crippen molar-refractivity contribution in [3.8, 4) is 0 Å². The van der Waals surface area contributed by atoms with Gasteiger partial charge < -0.3 is 15.2 Å².